The second-order valence-corrected chi connectivity index (χ2v) is 9.17. The van der Waals surface area contributed by atoms with E-state index in [-0.39, 0.29) is 17.2 Å². The monoisotopic (exact) mass is 464 g/mol. The zero-order valence-corrected chi connectivity index (χ0v) is 19.2. The molecule has 0 fully saturated rings. The molecular formula is C21H25ClN4O4S. The van der Waals surface area contributed by atoms with E-state index in [4.69, 9.17) is 16.3 Å². The summed E-state index contributed by atoms with van der Waals surface area (Å²) in [4.78, 5) is 16.9. The number of anilines is 1. The van der Waals surface area contributed by atoms with Crippen LogP contribution in [-0.4, -0.2) is 48.4 Å². The lowest BCUT2D eigenvalue weighted by Crippen LogP contribution is -2.30. The summed E-state index contributed by atoms with van der Waals surface area (Å²) in [6.45, 7) is 4.81. The molecule has 3 aromatic rings. The van der Waals surface area contributed by atoms with Gasteiger partial charge in [-0.05, 0) is 36.4 Å². The number of fused-ring (bicyclic) bond motifs is 1. The fourth-order valence-corrected chi connectivity index (χ4v) is 5.02. The van der Waals surface area contributed by atoms with Crippen molar-refractivity contribution in [3.63, 3.8) is 0 Å². The Morgan fingerprint density at radius 3 is 2.58 bits per heavy atom. The lowest BCUT2D eigenvalue weighted by atomic mass is 10.2. The number of carbonyl (C=O) groups excluding carboxylic acids is 1. The number of imidazole rings is 1. The predicted molar refractivity (Wildman–Crippen MR) is 121 cm³/mol. The Kier molecular flexibility index (Phi) is 7.19. The van der Waals surface area contributed by atoms with E-state index in [0.717, 1.165) is 5.52 Å². The molecule has 0 atom stereocenters. The first kappa shape index (κ1) is 23.1. The van der Waals surface area contributed by atoms with Gasteiger partial charge in [-0.25, -0.2) is 13.4 Å². The van der Waals surface area contributed by atoms with E-state index in [1.54, 1.807) is 56.6 Å². The van der Waals surface area contributed by atoms with Crippen LogP contribution in [0.15, 0.2) is 47.6 Å². The molecule has 0 unspecified atom stereocenters. The Morgan fingerprint density at radius 2 is 1.94 bits per heavy atom. The largest absolute Gasteiger partial charge is 0.495 e. The second-order valence-electron chi connectivity index (χ2n) is 6.83. The topological polar surface area (TPSA) is 93.5 Å². The summed E-state index contributed by atoms with van der Waals surface area (Å²) >= 11 is 6.08. The van der Waals surface area contributed by atoms with Crippen LogP contribution >= 0.6 is 11.6 Å². The third-order valence-corrected chi connectivity index (χ3v) is 7.29. The van der Waals surface area contributed by atoms with E-state index >= 15 is 0 Å². The molecule has 0 aliphatic rings. The fourth-order valence-electron chi connectivity index (χ4n) is 3.28. The number of rotatable bonds is 9. The van der Waals surface area contributed by atoms with Crippen molar-refractivity contribution in [2.24, 2.45) is 0 Å². The van der Waals surface area contributed by atoms with Gasteiger partial charge in [0.15, 0.2) is 0 Å². The molecular weight excluding hydrogens is 440 g/mol. The maximum absolute atomic E-state index is 12.7. The molecule has 0 saturated heterocycles. The molecule has 0 radical (unpaired) electrons. The van der Waals surface area contributed by atoms with Gasteiger partial charge in [-0.2, -0.15) is 4.31 Å². The quantitative estimate of drug-likeness (QED) is 0.520. The van der Waals surface area contributed by atoms with Crippen molar-refractivity contribution < 1.29 is 17.9 Å². The third-order valence-electron chi connectivity index (χ3n) is 4.95. The minimum Gasteiger partial charge on any atom is -0.495 e. The molecule has 0 spiro atoms. The van der Waals surface area contributed by atoms with E-state index in [9.17, 15) is 13.2 Å². The van der Waals surface area contributed by atoms with Crippen LogP contribution in [0.2, 0.25) is 5.02 Å². The van der Waals surface area contributed by atoms with Gasteiger partial charge in [0.25, 0.3) is 0 Å². The maximum Gasteiger partial charge on any atom is 0.243 e. The van der Waals surface area contributed by atoms with E-state index < -0.39 is 10.0 Å². The van der Waals surface area contributed by atoms with Crippen molar-refractivity contribution in [2.75, 3.05) is 25.5 Å². The van der Waals surface area contributed by atoms with Gasteiger partial charge in [0.1, 0.15) is 5.75 Å². The average molecular weight is 465 g/mol. The first-order valence-electron chi connectivity index (χ1n) is 9.88. The molecule has 3 rings (SSSR count). The van der Waals surface area contributed by atoms with Crippen LogP contribution in [0.4, 0.5) is 5.69 Å². The van der Waals surface area contributed by atoms with Gasteiger partial charge in [0.2, 0.25) is 15.9 Å². The number of ether oxygens (including phenoxy) is 1. The summed E-state index contributed by atoms with van der Waals surface area (Å²) in [7, 11) is -2.03. The number of aromatic nitrogens is 2. The van der Waals surface area contributed by atoms with E-state index in [1.165, 1.54) is 11.4 Å². The number of methoxy groups -OCH3 is 1. The van der Waals surface area contributed by atoms with E-state index in [1.807, 2.05) is 4.57 Å². The van der Waals surface area contributed by atoms with Gasteiger partial charge in [-0.3, -0.25) is 4.79 Å². The predicted octanol–water partition coefficient (Wildman–Crippen LogP) is 3.76. The highest BCUT2D eigenvalue weighted by Gasteiger charge is 2.22. The lowest BCUT2D eigenvalue weighted by Gasteiger charge is -2.18. The minimum atomic E-state index is -3.55. The molecule has 0 aliphatic carbocycles. The average Bonchev–Trinajstić information content (AvgIpc) is 3.15. The van der Waals surface area contributed by atoms with Crippen LogP contribution in [0.5, 0.6) is 5.75 Å². The number of sulfonamides is 1. The number of nitrogens with one attached hydrogen (secondary N) is 1. The highest BCUT2D eigenvalue weighted by molar-refractivity contribution is 7.89. The fraction of sp³-hybridized carbons (Fsp3) is 0.333. The smallest absolute Gasteiger partial charge is 0.243 e. The molecule has 1 aromatic heterocycles. The number of nitrogens with zero attached hydrogens (tertiary/aromatic N) is 3. The molecule has 8 nitrogen and oxygen atoms in total. The molecule has 0 saturated carbocycles. The molecule has 0 bridgehead atoms. The molecule has 1 heterocycles. The van der Waals surface area contributed by atoms with Crippen LogP contribution in [0.1, 0.15) is 20.3 Å². The van der Waals surface area contributed by atoms with Gasteiger partial charge in [-0.15, -0.1) is 0 Å². The molecule has 166 valence electrons. The SMILES string of the molecule is CCN(CC)S(=O)(=O)c1ccc2c(c1)ncn2CCC(=O)Nc1ccc(OC)c(Cl)c1. The van der Waals surface area contributed by atoms with Crippen LogP contribution in [0, 0.1) is 0 Å². The van der Waals surface area contributed by atoms with Crippen molar-refractivity contribution in [1.82, 2.24) is 13.9 Å². The number of carbonyl (C=O) groups is 1. The van der Waals surface area contributed by atoms with Crippen molar-refractivity contribution in [3.8, 4) is 5.75 Å². The summed E-state index contributed by atoms with van der Waals surface area (Å²) in [6, 6.07) is 9.90. The molecule has 0 aliphatic heterocycles. The molecule has 2 aromatic carbocycles. The van der Waals surface area contributed by atoms with E-state index in [0.29, 0.717) is 41.6 Å². The van der Waals surface area contributed by atoms with Crippen LogP contribution < -0.4 is 10.1 Å². The van der Waals surface area contributed by atoms with E-state index in [2.05, 4.69) is 10.3 Å². The Morgan fingerprint density at radius 1 is 1.19 bits per heavy atom. The van der Waals surface area contributed by atoms with Crippen LogP contribution in [0.3, 0.4) is 0 Å². The number of amides is 1. The Balaban J connectivity index is 1.70. The van der Waals surface area contributed by atoms with Crippen LogP contribution in [-0.2, 0) is 21.4 Å². The molecule has 1 amide bonds. The van der Waals surface area contributed by atoms with Crippen LogP contribution in [0.25, 0.3) is 11.0 Å². The molecule has 31 heavy (non-hydrogen) atoms. The second kappa shape index (κ2) is 9.67. The zero-order valence-electron chi connectivity index (χ0n) is 17.6. The zero-order chi connectivity index (χ0) is 22.6. The summed E-state index contributed by atoms with van der Waals surface area (Å²) in [5.74, 6) is 0.357. The minimum absolute atomic E-state index is 0.177. The number of halogens is 1. The molecule has 10 heteroatoms. The first-order chi connectivity index (χ1) is 14.8. The normalized spacial score (nSPS) is 11.8. The van der Waals surface area contributed by atoms with Gasteiger partial charge < -0.3 is 14.6 Å². The summed E-state index contributed by atoms with van der Waals surface area (Å²) < 4.78 is 33.8. The van der Waals surface area contributed by atoms with Crippen molar-refractivity contribution in [2.45, 2.75) is 31.7 Å². The van der Waals surface area contributed by atoms with Crippen molar-refractivity contribution in [3.05, 3.63) is 47.7 Å². The first-order valence-corrected chi connectivity index (χ1v) is 11.7. The summed E-state index contributed by atoms with van der Waals surface area (Å²) in [6.07, 6.45) is 1.82. The van der Waals surface area contributed by atoms with Crippen molar-refractivity contribution >= 4 is 44.3 Å². The Labute approximate surface area is 186 Å². The number of hydrogen-bond acceptors (Lipinski definition) is 5. The number of benzene rings is 2. The number of aryl methyl sites for hydroxylation is 1. The maximum atomic E-state index is 12.7. The Hall–Kier alpha value is -2.62. The van der Waals surface area contributed by atoms with Crippen molar-refractivity contribution in [1.29, 1.82) is 0 Å². The summed E-state index contributed by atoms with van der Waals surface area (Å²) in [5, 5.41) is 3.21. The Bertz CT molecular complexity index is 1190. The highest BCUT2D eigenvalue weighted by atomic mass is 35.5. The standard InChI is InChI=1S/C21H25ClN4O4S/c1-4-26(5-2)31(28,29)16-7-8-19-18(13-16)23-14-25(19)11-10-21(27)24-15-6-9-20(30-3)17(22)12-15/h6-9,12-14H,4-5,10-11H2,1-3H3,(H,24,27). The third kappa shape index (κ3) is 5.00. The number of hydrogen-bond donors (Lipinski definition) is 1. The van der Waals surface area contributed by atoms with Gasteiger partial charge >= 0.3 is 0 Å². The molecule has 1 N–H and O–H groups in total. The summed E-state index contributed by atoms with van der Waals surface area (Å²) in [5.41, 5.74) is 1.91. The van der Waals surface area contributed by atoms with Gasteiger partial charge in [0.05, 0.1) is 34.4 Å². The van der Waals surface area contributed by atoms with Gasteiger partial charge in [0, 0.05) is 31.7 Å². The highest BCUT2D eigenvalue weighted by Crippen LogP contribution is 2.27. The van der Waals surface area contributed by atoms with Gasteiger partial charge in [-0.1, -0.05) is 25.4 Å². The lowest BCUT2D eigenvalue weighted by molar-refractivity contribution is -0.116.